The Hall–Kier alpha value is -2.82. The Morgan fingerprint density at radius 3 is 2.20 bits per heavy atom. The van der Waals surface area contributed by atoms with Crippen LogP contribution in [0.3, 0.4) is 0 Å². The van der Waals surface area contributed by atoms with Gasteiger partial charge in [-0.1, -0.05) is 42.5 Å². The van der Waals surface area contributed by atoms with Crippen molar-refractivity contribution in [2.75, 3.05) is 0 Å². The summed E-state index contributed by atoms with van der Waals surface area (Å²) in [6, 6.07) is 13.3. The molecule has 5 heteroatoms. The van der Waals surface area contributed by atoms with E-state index in [0.29, 0.717) is 11.1 Å². The third kappa shape index (κ3) is 3.50. The predicted octanol–water partition coefficient (Wildman–Crippen LogP) is 5.80. The number of aryl methyl sites for hydroxylation is 1. The Morgan fingerprint density at radius 1 is 0.760 bits per heavy atom. The van der Waals surface area contributed by atoms with Crippen LogP contribution >= 0.6 is 0 Å². The number of hydrogen-bond acceptors (Lipinski definition) is 1. The first-order valence-corrected chi connectivity index (χ1v) is 7.58. The summed E-state index contributed by atoms with van der Waals surface area (Å²) in [6.45, 7) is 1.51. The topological polar surface area (TPSA) is 9.23 Å². The molecule has 3 rings (SSSR count). The third-order valence-corrected chi connectivity index (χ3v) is 3.85. The van der Waals surface area contributed by atoms with E-state index >= 15 is 0 Å². The van der Waals surface area contributed by atoms with Crippen LogP contribution < -0.4 is 4.74 Å². The maximum atomic E-state index is 14.0. The van der Waals surface area contributed by atoms with Gasteiger partial charge in [0.05, 0.1) is 0 Å². The van der Waals surface area contributed by atoms with E-state index < -0.39 is 23.3 Å². The zero-order valence-corrected chi connectivity index (χ0v) is 13.3. The molecule has 0 saturated carbocycles. The van der Waals surface area contributed by atoms with Gasteiger partial charge in [0.2, 0.25) is 5.82 Å². The molecule has 0 fully saturated rings. The van der Waals surface area contributed by atoms with Gasteiger partial charge >= 0.3 is 0 Å². The average molecular weight is 346 g/mol. The minimum absolute atomic E-state index is 0.0192. The van der Waals surface area contributed by atoms with Crippen LogP contribution in [0.5, 0.6) is 5.75 Å². The maximum Gasteiger partial charge on any atom is 0.200 e. The molecule has 128 valence electrons. The van der Waals surface area contributed by atoms with E-state index in [-0.39, 0.29) is 23.5 Å². The highest BCUT2D eigenvalue weighted by Crippen LogP contribution is 2.27. The highest BCUT2D eigenvalue weighted by molar-refractivity contribution is 5.65. The monoisotopic (exact) mass is 346 g/mol. The van der Waals surface area contributed by atoms with Crippen LogP contribution in [0.4, 0.5) is 17.6 Å². The summed E-state index contributed by atoms with van der Waals surface area (Å²) in [6.07, 6.45) is 0. The normalized spacial score (nSPS) is 10.8. The van der Waals surface area contributed by atoms with Crippen LogP contribution in [0.2, 0.25) is 0 Å². The molecule has 3 aromatic carbocycles. The van der Waals surface area contributed by atoms with Crippen LogP contribution in [0.1, 0.15) is 11.1 Å². The first-order chi connectivity index (χ1) is 12.0. The molecule has 0 saturated heterocycles. The van der Waals surface area contributed by atoms with Crippen molar-refractivity contribution >= 4 is 0 Å². The minimum atomic E-state index is -1.05. The molecule has 0 bridgehead atoms. The summed E-state index contributed by atoms with van der Waals surface area (Å²) in [4.78, 5) is 0. The van der Waals surface area contributed by atoms with E-state index in [2.05, 4.69) is 0 Å². The molecule has 0 aliphatic rings. The molecule has 0 heterocycles. The van der Waals surface area contributed by atoms with Gasteiger partial charge < -0.3 is 4.74 Å². The van der Waals surface area contributed by atoms with Gasteiger partial charge in [-0.3, -0.25) is 0 Å². The van der Waals surface area contributed by atoms with Crippen molar-refractivity contribution in [3.05, 3.63) is 89.0 Å². The van der Waals surface area contributed by atoms with Crippen molar-refractivity contribution in [3.63, 3.8) is 0 Å². The largest absolute Gasteiger partial charge is 0.486 e. The highest BCUT2D eigenvalue weighted by atomic mass is 19.2. The van der Waals surface area contributed by atoms with Gasteiger partial charge in [-0.2, -0.15) is 4.39 Å². The molecular formula is C20H14F4O. The van der Waals surface area contributed by atoms with E-state index in [4.69, 9.17) is 4.74 Å². The fourth-order valence-corrected chi connectivity index (χ4v) is 2.41. The summed E-state index contributed by atoms with van der Waals surface area (Å²) >= 11 is 0. The fourth-order valence-electron chi connectivity index (χ4n) is 2.41. The number of ether oxygens (including phenoxy) is 1. The van der Waals surface area contributed by atoms with Crippen LogP contribution in [0.25, 0.3) is 11.1 Å². The summed E-state index contributed by atoms with van der Waals surface area (Å²) in [7, 11) is 0. The van der Waals surface area contributed by atoms with Gasteiger partial charge in [0.1, 0.15) is 6.61 Å². The van der Waals surface area contributed by atoms with E-state index in [9.17, 15) is 17.6 Å². The van der Waals surface area contributed by atoms with Gasteiger partial charge in [-0.05, 0) is 35.7 Å². The fraction of sp³-hybridized carbons (Fsp3) is 0.100. The number of benzene rings is 3. The molecule has 0 radical (unpaired) electrons. The molecule has 1 nitrogen and oxygen atoms in total. The summed E-state index contributed by atoms with van der Waals surface area (Å²) in [5.74, 6) is -3.98. The molecule has 25 heavy (non-hydrogen) atoms. The molecule has 0 aliphatic carbocycles. The quantitative estimate of drug-likeness (QED) is 0.543. The molecule has 0 amide bonds. The summed E-state index contributed by atoms with van der Waals surface area (Å²) in [5, 5.41) is 0. The van der Waals surface area contributed by atoms with Gasteiger partial charge in [0.25, 0.3) is 0 Å². The zero-order chi connectivity index (χ0) is 18.0. The second-order valence-electron chi connectivity index (χ2n) is 5.60. The number of hydrogen-bond donors (Lipinski definition) is 0. The molecule has 0 spiro atoms. The average Bonchev–Trinajstić information content (AvgIpc) is 2.62. The predicted molar refractivity (Wildman–Crippen MR) is 87.2 cm³/mol. The lowest BCUT2D eigenvalue weighted by molar-refractivity contribution is 0.284. The Bertz CT molecular complexity index is 904. The molecular weight excluding hydrogens is 332 g/mol. The Morgan fingerprint density at radius 2 is 1.48 bits per heavy atom. The minimum Gasteiger partial charge on any atom is -0.486 e. The van der Waals surface area contributed by atoms with Crippen LogP contribution in [-0.4, -0.2) is 0 Å². The lowest BCUT2D eigenvalue weighted by Gasteiger charge is -2.09. The van der Waals surface area contributed by atoms with Crippen LogP contribution in [-0.2, 0) is 6.61 Å². The molecule has 0 aliphatic heterocycles. The van der Waals surface area contributed by atoms with Crippen molar-refractivity contribution in [2.45, 2.75) is 13.5 Å². The van der Waals surface area contributed by atoms with Crippen molar-refractivity contribution in [1.82, 2.24) is 0 Å². The van der Waals surface area contributed by atoms with Crippen LogP contribution in [0, 0.1) is 30.2 Å². The van der Waals surface area contributed by atoms with Gasteiger partial charge in [-0.25, -0.2) is 13.2 Å². The summed E-state index contributed by atoms with van der Waals surface area (Å²) in [5.41, 5.74) is 1.59. The highest BCUT2D eigenvalue weighted by Gasteiger charge is 2.13. The number of halogens is 4. The lowest BCUT2D eigenvalue weighted by atomic mass is 10.0. The van der Waals surface area contributed by atoms with E-state index in [1.54, 1.807) is 24.3 Å². The van der Waals surface area contributed by atoms with E-state index in [1.165, 1.54) is 31.2 Å². The smallest absolute Gasteiger partial charge is 0.200 e. The Kier molecular flexibility index (Phi) is 4.74. The molecule has 0 atom stereocenters. The molecule has 0 aromatic heterocycles. The van der Waals surface area contributed by atoms with Gasteiger partial charge in [-0.15, -0.1) is 0 Å². The van der Waals surface area contributed by atoms with Crippen molar-refractivity contribution < 1.29 is 22.3 Å². The SMILES string of the molecule is Cc1ccc(-c2ccc(COc3cccc(F)c3F)cc2)c(F)c1F. The zero-order valence-electron chi connectivity index (χ0n) is 13.3. The second kappa shape index (κ2) is 6.97. The third-order valence-electron chi connectivity index (χ3n) is 3.85. The van der Waals surface area contributed by atoms with Crippen molar-refractivity contribution in [1.29, 1.82) is 0 Å². The Labute approximate surface area is 142 Å². The second-order valence-corrected chi connectivity index (χ2v) is 5.60. The molecule has 0 unspecified atom stereocenters. The van der Waals surface area contributed by atoms with Crippen molar-refractivity contribution in [3.8, 4) is 16.9 Å². The van der Waals surface area contributed by atoms with Crippen molar-refractivity contribution in [2.24, 2.45) is 0 Å². The van der Waals surface area contributed by atoms with Gasteiger partial charge in [0.15, 0.2) is 23.2 Å². The summed E-state index contributed by atoms with van der Waals surface area (Å²) < 4.78 is 59.6. The van der Waals surface area contributed by atoms with E-state index in [1.807, 2.05) is 0 Å². The molecule has 0 N–H and O–H groups in total. The van der Waals surface area contributed by atoms with E-state index in [0.717, 1.165) is 6.07 Å². The Balaban J connectivity index is 1.77. The van der Waals surface area contributed by atoms with Gasteiger partial charge in [0, 0.05) is 5.56 Å². The lowest BCUT2D eigenvalue weighted by Crippen LogP contribution is -1.99. The van der Waals surface area contributed by atoms with Crippen LogP contribution in [0.15, 0.2) is 54.6 Å². The molecule has 3 aromatic rings. The maximum absolute atomic E-state index is 14.0. The first-order valence-electron chi connectivity index (χ1n) is 7.58. The number of rotatable bonds is 4. The first kappa shape index (κ1) is 17.0. The standard InChI is InChI=1S/C20H14F4O/c1-12-5-10-15(19(23)18(12)22)14-8-6-13(7-9-14)11-25-17-4-2-3-16(21)20(17)24/h2-10H,11H2,1H3.